The summed E-state index contributed by atoms with van der Waals surface area (Å²) < 4.78 is 13.1. The second-order valence-electron chi connectivity index (χ2n) is 2.96. The Labute approximate surface area is 74.0 Å². The molecule has 0 aliphatic carbocycles. The first-order valence-electron chi connectivity index (χ1n) is 3.96. The fraction of sp³-hybridized carbons (Fsp3) is 0.100. The zero-order chi connectivity index (χ0) is 9.42. The molecule has 0 unspecified atom stereocenters. The molecule has 1 aromatic carbocycles. The Morgan fingerprint density at radius 3 is 2.92 bits per heavy atom. The first kappa shape index (κ1) is 7.98. The van der Waals surface area contributed by atoms with Crippen LogP contribution in [-0.2, 0) is 0 Å². The van der Waals surface area contributed by atoms with Crippen LogP contribution in [0.2, 0.25) is 0 Å². The van der Waals surface area contributed by atoms with E-state index in [1.165, 1.54) is 18.3 Å². The second kappa shape index (κ2) is 2.69. The van der Waals surface area contributed by atoms with Gasteiger partial charge in [-0.25, -0.2) is 4.39 Å². The van der Waals surface area contributed by atoms with Crippen molar-refractivity contribution in [2.24, 2.45) is 0 Å². The second-order valence-corrected chi connectivity index (χ2v) is 2.96. The lowest BCUT2D eigenvalue weighted by molar-refractivity contribution is 0.636. The number of para-hydroxylation sites is 1. The Balaban J connectivity index is 3.03. The molecule has 0 spiro atoms. The molecule has 0 bridgehead atoms. The summed E-state index contributed by atoms with van der Waals surface area (Å²) in [5.41, 5.74) is 0.754. The quantitative estimate of drug-likeness (QED) is 0.655. The van der Waals surface area contributed by atoms with E-state index in [9.17, 15) is 9.18 Å². The predicted octanol–water partition coefficient (Wildman–Crippen LogP) is 1.98. The number of H-pyrrole nitrogens is 1. The molecule has 2 nitrogen and oxygen atoms in total. The molecular formula is C10H8FNO. The summed E-state index contributed by atoms with van der Waals surface area (Å²) in [6.45, 7) is 1.70. The van der Waals surface area contributed by atoms with Crippen LogP contribution in [0.25, 0.3) is 10.9 Å². The van der Waals surface area contributed by atoms with E-state index in [0.29, 0.717) is 10.9 Å². The van der Waals surface area contributed by atoms with E-state index in [1.54, 1.807) is 13.0 Å². The molecule has 0 atom stereocenters. The lowest BCUT2D eigenvalue weighted by Gasteiger charge is -1.99. The number of fused-ring (bicyclic) bond motifs is 1. The largest absolute Gasteiger partial charge is 0.358 e. The number of pyridine rings is 1. The first-order chi connectivity index (χ1) is 6.20. The van der Waals surface area contributed by atoms with Crippen molar-refractivity contribution < 1.29 is 4.39 Å². The first-order valence-corrected chi connectivity index (χ1v) is 3.96. The van der Waals surface area contributed by atoms with Gasteiger partial charge in [-0.05, 0) is 19.1 Å². The van der Waals surface area contributed by atoms with E-state index in [0.717, 1.165) is 0 Å². The molecule has 0 aliphatic heterocycles. The third-order valence-electron chi connectivity index (χ3n) is 2.05. The van der Waals surface area contributed by atoms with Gasteiger partial charge in [0.2, 0.25) is 0 Å². The SMILES string of the molecule is Cc1c[nH]c2c(F)cccc2c1=O. The summed E-state index contributed by atoms with van der Waals surface area (Å²) in [6.07, 6.45) is 1.52. The minimum absolute atomic E-state index is 0.117. The molecule has 13 heavy (non-hydrogen) atoms. The van der Waals surface area contributed by atoms with E-state index in [4.69, 9.17) is 0 Å². The van der Waals surface area contributed by atoms with Crippen LogP contribution in [0.1, 0.15) is 5.56 Å². The molecule has 0 radical (unpaired) electrons. The minimum atomic E-state index is -0.394. The minimum Gasteiger partial charge on any atom is -0.358 e. The lowest BCUT2D eigenvalue weighted by Crippen LogP contribution is -2.06. The highest BCUT2D eigenvalue weighted by molar-refractivity contribution is 5.79. The van der Waals surface area contributed by atoms with Gasteiger partial charge >= 0.3 is 0 Å². The Kier molecular flexibility index (Phi) is 1.65. The predicted molar refractivity (Wildman–Crippen MR) is 49.3 cm³/mol. The number of nitrogens with one attached hydrogen (secondary N) is 1. The maximum Gasteiger partial charge on any atom is 0.192 e. The fourth-order valence-electron chi connectivity index (χ4n) is 1.32. The zero-order valence-electron chi connectivity index (χ0n) is 7.10. The van der Waals surface area contributed by atoms with Crippen LogP contribution in [0.5, 0.6) is 0 Å². The summed E-state index contributed by atoms with van der Waals surface area (Å²) >= 11 is 0. The highest BCUT2D eigenvalue weighted by atomic mass is 19.1. The number of halogens is 1. The Morgan fingerprint density at radius 2 is 2.15 bits per heavy atom. The van der Waals surface area contributed by atoms with E-state index < -0.39 is 5.82 Å². The number of aryl methyl sites for hydroxylation is 1. The molecule has 66 valence electrons. The van der Waals surface area contributed by atoms with Gasteiger partial charge in [-0.15, -0.1) is 0 Å². The molecule has 0 fully saturated rings. The molecule has 0 saturated carbocycles. The third kappa shape index (κ3) is 1.13. The van der Waals surface area contributed by atoms with Crippen LogP contribution in [0.3, 0.4) is 0 Å². The average molecular weight is 177 g/mol. The standard InChI is InChI=1S/C10H8FNO/c1-6-5-12-9-7(10(6)13)3-2-4-8(9)11/h2-5H,1H3,(H,12,13). The summed E-state index contributed by atoms with van der Waals surface area (Å²) in [4.78, 5) is 14.2. The molecule has 1 N–H and O–H groups in total. The van der Waals surface area contributed by atoms with Gasteiger partial charge in [0.25, 0.3) is 0 Å². The molecule has 0 aliphatic rings. The van der Waals surface area contributed by atoms with Gasteiger partial charge in [-0.1, -0.05) is 6.07 Å². The van der Waals surface area contributed by atoms with Crippen LogP contribution in [-0.4, -0.2) is 4.98 Å². The van der Waals surface area contributed by atoms with E-state index in [1.807, 2.05) is 0 Å². The maximum absolute atomic E-state index is 13.1. The van der Waals surface area contributed by atoms with Gasteiger partial charge in [-0.2, -0.15) is 0 Å². The monoisotopic (exact) mass is 177 g/mol. The van der Waals surface area contributed by atoms with E-state index in [2.05, 4.69) is 4.98 Å². The van der Waals surface area contributed by atoms with Gasteiger partial charge in [0.05, 0.1) is 5.52 Å². The number of hydrogen-bond donors (Lipinski definition) is 1. The maximum atomic E-state index is 13.1. The Bertz CT molecular complexity index is 516. The number of aromatic amines is 1. The average Bonchev–Trinajstić information content (AvgIpc) is 2.12. The number of benzene rings is 1. The van der Waals surface area contributed by atoms with Crippen molar-refractivity contribution in [2.45, 2.75) is 6.92 Å². The number of aromatic nitrogens is 1. The normalized spacial score (nSPS) is 10.6. The van der Waals surface area contributed by atoms with Crippen LogP contribution >= 0.6 is 0 Å². The summed E-state index contributed by atoms with van der Waals surface area (Å²) in [5.74, 6) is -0.394. The van der Waals surface area contributed by atoms with Crippen molar-refractivity contribution in [1.29, 1.82) is 0 Å². The van der Waals surface area contributed by atoms with E-state index in [-0.39, 0.29) is 10.9 Å². The number of rotatable bonds is 0. The van der Waals surface area contributed by atoms with Crippen LogP contribution in [0.4, 0.5) is 4.39 Å². The van der Waals surface area contributed by atoms with Gasteiger partial charge in [0.15, 0.2) is 5.43 Å². The van der Waals surface area contributed by atoms with Gasteiger partial charge in [0.1, 0.15) is 5.82 Å². The molecule has 1 aromatic heterocycles. The van der Waals surface area contributed by atoms with E-state index >= 15 is 0 Å². The van der Waals surface area contributed by atoms with Crippen molar-refractivity contribution in [3.8, 4) is 0 Å². The molecule has 0 amide bonds. The van der Waals surface area contributed by atoms with Gasteiger partial charge < -0.3 is 4.98 Å². The topological polar surface area (TPSA) is 32.9 Å². The summed E-state index contributed by atoms with van der Waals surface area (Å²) in [5, 5.41) is 0.403. The van der Waals surface area contributed by atoms with Crippen LogP contribution in [0.15, 0.2) is 29.2 Å². The molecule has 3 heteroatoms. The van der Waals surface area contributed by atoms with Gasteiger partial charge in [0, 0.05) is 17.1 Å². The molecule has 0 saturated heterocycles. The van der Waals surface area contributed by atoms with Gasteiger partial charge in [-0.3, -0.25) is 4.79 Å². The van der Waals surface area contributed by atoms with Crippen molar-refractivity contribution in [2.75, 3.05) is 0 Å². The Hall–Kier alpha value is -1.64. The highest BCUT2D eigenvalue weighted by Crippen LogP contribution is 2.11. The van der Waals surface area contributed by atoms with Crippen molar-refractivity contribution in [3.63, 3.8) is 0 Å². The van der Waals surface area contributed by atoms with Crippen LogP contribution in [0, 0.1) is 12.7 Å². The third-order valence-corrected chi connectivity index (χ3v) is 2.05. The molecule has 1 heterocycles. The summed E-state index contributed by atoms with van der Waals surface area (Å²) in [7, 11) is 0. The summed E-state index contributed by atoms with van der Waals surface area (Å²) in [6, 6.07) is 4.48. The van der Waals surface area contributed by atoms with Crippen molar-refractivity contribution in [3.05, 3.63) is 46.0 Å². The fourth-order valence-corrected chi connectivity index (χ4v) is 1.32. The lowest BCUT2D eigenvalue weighted by atomic mass is 10.1. The molecule has 2 aromatic rings. The van der Waals surface area contributed by atoms with Crippen molar-refractivity contribution >= 4 is 10.9 Å². The number of hydrogen-bond acceptors (Lipinski definition) is 1. The Morgan fingerprint density at radius 1 is 1.38 bits per heavy atom. The van der Waals surface area contributed by atoms with Crippen molar-refractivity contribution in [1.82, 2.24) is 4.98 Å². The highest BCUT2D eigenvalue weighted by Gasteiger charge is 2.04. The molecule has 2 rings (SSSR count). The molecular weight excluding hydrogens is 169 g/mol. The zero-order valence-corrected chi connectivity index (χ0v) is 7.10. The van der Waals surface area contributed by atoms with Crippen LogP contribution < -0.4 is 5.43 Å². The smallest absolute Gasteiger partial charge is 0.192 e.